The SMILES string of the molecule is OC(CBr)C[n+]1cccc2cc(Cl)ccc21.[Br-]. The Morgan fingerprint density at radius 2 is 2.12 bits per heavy atom. The average molecular weight is 381 g/mol. The van der Waals surface area contributed by atoms with Crippen molar-refractivity contribution in [3.05, 3.63) is 41.6 Å². The van der Waals surface area contributed by atoms with Gasteiger partial charge in [-0.1, -0.05) is 27.5 Å². The van der Waals surface area contributed by atoms with E-state index in [9.17, 15) is 5.11 Å². The first kappa shape index (κ1) is 14.9. The monoisotopic (exact) mass is 379 g/mol. The summed E-state index contributed by atoms with van der Waals surface area (Å²) in [5.74, 6) is 0. The van der Waals surface area contributed by atoms with Crippen molar-refractivity contribution in [3.8, 4) is 0 Å². The maximum atomic E-state index is 9.63. The molecule has 92 valence electrons. The zero-order valence-electron chi connectivity index (χ0n) is 8.98. The van der Waals surface area contributed by atoms with Crippen LogP contribution in [0, 0.1) is 0 Å². The number of hydrogen-bond donors (Lipinski definition) is 1. The van der Waals surface area contributed by atoms with E-state index in [0.29, 0.717) is 11.9 Å². The van der Waals surface area contributed by atoms with Gasteiger partial charge in [0.1, 0.15) is 6.10 Å². The van der Waals surface area contributed by atoms with Gasteiger partial charge in [0, 0.05) is 27.9 Å². The third-order valence-corrected chi connectivity index (χ3v) is 3.41. The lowest BCUT2D eigenvalue weighted by molar-refractivity contribution is -0.677. The van der Waals surface area contributed by atoms with Crippen LogP contribution in [0.25, 0.3) is 10.9 Å². The van der Waals surface area contributed by atoms with E-state index in [-0.39, 0.29) is 23.1 Å². The molecule has 0 fully saturated rings. The fraction of sp³-hybridized carbons (Fsp3) is 0.250. The van der Waals surface area contributed by atoms with E-state index >= 15 is 0 Å². The first-order valence-electron chi connectivity index (χ1n) is 5.02. The lowest BCUT2D eigenvalue weighted by atomic mass is 10.2. The summed E-state index contributed by atoms with van der Waals surface area (Å²) in [6.07, 6.45) is 1.58. The van der Waals surface area contributed by atoms with Gasteiger partial charge in [-0.15, -0.1) is 0 Å². The quantitative estimate of drug-likeness (QED) is 0.565. The zero-order valence-corrected chi connectivity index (χ0v) is 12.9. The van der Waals surface area contributed by atoms with Gasteiger partial charge in [-0.05, 0) is 18.2 Å². The van der Waals surface area contributed by atoms with E-state index in [0.717, 1.165) is 15.9 Å². The number of rotatable bonds is 3. The van der Waals surface area contributed by atoms with Crippen molar-refractivity contribution >= 4 is 38.4 Å². The molecule has 0 bridgehead atoms. The van der Waals surface area contributed by atoms with Crippen LogP contribution in [0.3, 0.4) is 0 Å². The van der Waals surface area contributed by atoms with Gasteiger partial charge in [-0.2, -0.15) is 4.57 Å². The maximum Gasteiger partial charge on any atom is 0.212 e. The largest absolute Gasteiger partial charge is 1.00 e. The molecule has 0 saturated heterocycles. The first-order chi connectivity index (χ1) is 7.70. The number of halogens is 3. The predicted molar refractivity (Wildman–Crippen MR) is 69.0 cm³/mol. The molecular weight excluding hydrogens is 369 g/mol. The summed E-state index contributed by atoms with van der Waals surface area (Å²) in [6.45, 7) is 0.574. The number of alkyl halides is 1. The van der Waals surface area contributed by atoms with Crippen molar-refractivity contribution in [2.24, 2.45) is 0 Å². The van der Waals surface area contributed by atoms with Crippen LogP contribution < -0.4 is 21.5 Å². The highest BCUT2D eigenvalue weighted by Crippen LogP contribution is 2.16. The topological polar surface area (TPSA) is 24.1 Å². The number of pyridine rings is 1. The Balaban J connectivity index is 0.00000144. The molecule has 0 aliphatic heterocycles. The van der Waals surface area contributed by atoms with Crippen LogP contribution in [-0.2, 0) is 6.54 Å². The molecule has 1 aromatic carbocycles. The summed E-state index contributed by atoms with van der Waals surface area (Å²) in [4.78, 5) is 0. The third kappa shape index (κ3) is 3.65. The zero-order chi connectivity index (χ0) is 11.5. The lowest BCUT2D eigenvalue weighted by Gasteiger charge is -2.05. The van der Waals surface area contributed by atoms with Crippen molar-refractivity contribution in [1.29, 1.82) is 0 Å². The van der Waals surface area contributed by atoms with Crippen LogP contribution in [0.15, 0.2) is 36.5 Å². The van der Waals surface area contributed by atoms with Crippen molar-refractivity contribution in [1.82, 2.24) is 0 Å². The predicted octanol–water partition coefficient (Wildman–Crippen LogP) is -0.460. The first-order valence-corrected chi connectivity index (χ1v) is 6.52. The number of benzene rings is 1. The molecule has 5 heteroatoms. The van der Waals surface area contributed by atoms with Crippen LogP contribution >= 0.6 is 27.5 Å². The molecule has 0 amide bonds. The number of hydrogen-bond acceptors (Lipinski definition) is 1. The molecule has 1 heterocycles. The van der Waals surface area contributed by atoms with E-state index in [1.165, 1.54) is 0 Å². The van der Waals surface area contributed by atoms with E-state index in [1.807, 2.05) is 41.1 Å². The van der Waals surface area contributed by atoms with Gasteiger partial charge in [0.15, 0.2) is 12.7 Å². The summed E-state index contributed by atoms with van der Waals surface area (Å²) in [7, 11) is 0. The summed E-state index contributed by atoms with van der Waals surface area (Å²) in [5.41, 5.74) is 1.08. The van der Waals surface area contributed by atoms with Gasteiger partial charge in [-0.3, -0.25) is 0 Å². The van der Waals surface area contributed by atoms with Crippen molar-refractivity contribution < 1.29 is 26.7 Å². The molecule has 0 aliphatic carbocycles. The van der Waals surface area contributed by atoms with Crippen LogP contribution in [0.5, 0.6) is 0 Å². The van der Waals surface area contributed by atoms with Crippen LogP contribution in [0.4, 0.5) is 0 Å². The van der Waals surface area contributed by atoms with Crippen LogP contribution in [0.2, 0.25) is 5.02 Å². The van der Waals surface area contributed by atoms with Gasteiger partial charge in [-0.25, -0.2) is 0 Å². The second-order valence-electron chi connectivity index (χ2n) is 3.67. The van der Waals surface area contributed by atoms with Crippen LogP contribution in [-0.4, -0.2) is 16.5 Å². The molecule has 1 aromatic heterocycles. The average Bonchev–Trinajstić information content (AvgIpc) is 2.28. The van der Waals surface area contributed by atoms with E-state index in [2.05, 4.69) is 15.9 Å². The van der Waals surface area contributed by atoms with Crippen molar-refractivity contribution in [3.63, 3.8) is 0 Å². The lowest BCUT2D eigenvalue weighted by Crippen LogP contribution is -3.00. The second-order valence-corrected chi connectivity index (χ2v) is 4.76. The Kier molecular flexibility index (Phi) is 5.86. The van der Waals surface area contributed by atoms with Gasteiger partial charge in [0.25, 0.3) is 0 Å². The fourth-order valence-electron chi connectivity index (χ4n) is 1.69. The molecule has 1 atom stereocenters. The Hall–Kier alpha value is -0.160. The normalized spacial score (nSPS) is 12.2. The highest BCUT2D eigenvalue weighted by Gasteiger charge is 2.13. The molecule has 0 aliphatic rings. The van der Waals surface area contributed by atoms with Gasteiger partial charge < -0.3 is 22.1 Å². The summed E-state index contributed by atoms with van der Waals surface area (Å²) in [6, 6.07) is 9.73. The van der Waals surface area contributed by atoms with Crippen LogP contribution in [0.1, 0.15) is 0 Å². The molecule has 17 heavy (non-hydrogen) atoms. The summed E-state index contributed by atoms with van der Waals surface area (Å²) in [5, 5.41) is 12.0. The molecule has 2 rings (SSSR count). The summed E-state index contributed by atoms with van der Waals surface area (Å²) < 4.78 is 2.03. The van der Waals surface area contributed by atoms with E-state index < -0.39 is 0 Å². The standard InChI is InChI=1S/C12H12BrClNO.BrH/c13-7-11(16)8-15-5-1-2-9-6-10(14)3-4-12(9)15;/h1-6,11,16H,7-8H2;1H/q+1;/p-1. The molecule has 1 unspecified atom stereocenters. The number of aliphatic hydroxyl groups excluding tert-OH is 1. The minimum atomic E-state index is -0.383. The fourth-order valence-corrected chi connectivity index (χ4v) is 2.07. The third-order valence-electron chi connectivity index (χ3n) is 2.43. The smallest absolute Gasteiger partial charge is 0.212 e. The van der Waals surface area contributed by atoms with Crippen molar-refractivity contribution in [2.75, 3.05) is 5.33 Å². The Bertz CT molecular complexity index is 507. The maximum absolute atomic E-state index is 9.63. The number of fused-ring (bicyclic) bond motifs is 1. The Morgan fingerprint density at radius 3 is 2.82 bits per heavy atom. The molecule has 1 N–H and O–H groups in total. The number of aliphatic hydroxyl groups is 1. The highest BCUT2D eigenvalue weighted by molar-refractivity contribution is 9.09. The molecule has 0 saturated carbocycles. The van der Waals surface area contributed by atoms with E-state index in [1.54, 1.807) is 0 Å². The number of nitrogens with zero attached hydrogens (tertiary/aromatic N) is 1. The summed E-state index contributed by atoms with van der Waals surface area (Å²) >= 11 is 9.20. The highest BCUT2D eigenvalue weighted by atomic mass is 79.9. The molecule has 2 nitrogen and oxygen atoms in total. The van der Waals surface area contributed by atoms with Gasteiger partial charge >= 0.3 is 0 Å². The Morgan fingerprint density at radius 1 is 1.35 bits per heavy atom. The molecular formula is C12H12Br2ClNO. The minimum absolute atomic E-state index is 0. The number of aromatic nitrogens is 1. The van der Waals surface area contributed by atoms with Crippen molar-refractivity contribution in [2.45, 2.75) is 12.6 Å². The second kappa shape index (κ2) is 6.69. The molecule has 0 radical (unpaired) electrons. The van der Waals surface area contributed by atoms with Gasteiger partial charge in [0.2, 0.25) is 5.52 Å². The molecule has 2 aromatic rings. The molecule has 0 spiro atoms. The minimum Gasteiger partial charge on any atom is -1.00 e. The Labute approximate surface area is 124 Å². The van der Waals surface area contributed by atoms with E-state index in [4.69, 9.17) is 11.6 Å². The van der Waals surface area contributed by atoms with Gasteiger partial charge in [0.05, 0.1) is 0 Å².